The zero-order chi connectivity index (χ0) is 10.3. The minimum absolute atomic E-state index is 0.514. The summed E-state index contributed by atoms with van der Waals surface area (Å²) in [5, 5.41) is 2.22. The quantitative estimate of drug-likeness (QED) is 0.800. The van der Waals surface area contributed by atoms with E-state index in [1.54, 1.807) is 0 Å². The highest BCUT2D eigenvalue weighted by Crippen LogP contribution is 2.29. The standard InChI is InChI=1S/C10H10Cl2N2/c1-14-7(5-13)2-6-3-8(11)9(12)4-10(6)14/h2-4H,5,13H2,1H3. The van der Waals surface area contributed by atoms with Crippen LogP contribution in [0.15, 0.2) is 18.2 Å². The highest BCUT2D eigenvalue weighted by atomic mass is 35.5. The van der Waals surface area contributed by atoms with E-state index < -0.39 is 0 Å². The van der Waals surface area contributed by atoms with Gasteiger partial charge in [-0.2, -0.15) is 0 Å². The van der Waals surface area contributed by atoms with Crippen molar-refractivity contribution in [1.29, 1.82) is 0 Å². The lowest BCUT2D eigenvalue weighted by Crippen LogP contribution is -2.02. The normalized spacial score (nSPS) is 11.1. The summed E-state index contributed by atoms with van der Waals surface area (Å²) in [6.07, 6.45) is 0. The zero-order valence-corrected chi connectivity index (χ0v) is 9.23. The van der Waals surface area contributed by atoms with E-state index in [9.17, 15) is 0 Å². The molecule has 0 saturated heterocycles. The van der Waals surface area contributed by atoms with Crippen molar-refractivity contribution in [2.24, 2.45) is 12.8 Å². The molecule has 0 unspecified atom stereocenters. The maximum atomic E-state index is 5.94. The molecular formula is C10H10Cl2N2. The summed E-state index contributed by atoms with van der Waals surface area (Å²) >= 11 is 11.9. The lowest BCUT2D eigenvalue weighted by molar-refractivity contribution is 0.849. The molecule has 0 fully saturated rings. The molecule has 0 radical (unpaired) electrons. The van der Waals surface area contributed by atoms with Crippen LogP contribution < -0.4 is 5.73 Å². The predicted molar refractivity (Wildman–Crippen MR) is 60.8 cm³/mol. The van der Waals surface area contributed by atoms with Crippen LogP contribution in [0, 0.1) is 0 Å². The Labute approximate surface area is 92.2 Å². The molecule has 0 aliphatic rings. The smallest absolute Gasteiger partial charge is 0.0613 e. The maximum Gasteiger partial charge on any atom is 0.0613 e. The van der Waals surface area contributed by atoms with Crippen molar-refractivity contribution < 1.29 is 0 Å². The number of aromatic nitrogens is 1. The van der Waals surface area contributed by atoms with Crippen LogP contribution in [0.1, 0.15) is 5.69 Å². The molecule has 1 aromatic carbocycles. The van der Waals surface area contributed by atoms with Gasteiger partial charge in [0, 0.05) is 30.2 Å². The molecular weight excluding hydrogens is 219 g/mol. The number of fused-ring (bicyclic) bond motifs is 1. The van der Waals surface area contributed by atoms with Gasteiger partial charge < -0.3 is 10.3 Å². The summed E-state index contributed by atoms with van der Waals surface area (Å²) in [4.78, 5) is 0. The van der Waals surface area contributed by atoms with Gasteiger partial charge in [0.25, 0.3) is 0 Å². The van der Waals surface area contributed by atoms with Gasteiger partial charge >= 0.3 is 0 Å². The third kappa shape index (κ3) is 1.40. The number of hydrogen-bond acceptors (Lipinski definition) is 1. The first-order valence-electron chi connectivity index (χ1n) is 4.27. The van der Waals surface area contributed by atoms with E-state index in [1.165, 1.54) is 0 Å². The Kier molecular flexibility index (Phi) is 2.43. The van der Waals surface area contributed by atoms with Crippen molar-refractivity contribution in [2.45, 2.75) is 6.54 Å². The Hall–Kier alpha value is -0.700. The molecule has 1 heterocycles. The van der Waals surface area contributed by atoms with Crippen LogP contribution in [-0.2, 0) is 13.6 Å². The average Bonchev–Trinajstić information content (AvgIpc) is 2.45. The summed E-state index contributed by atoms with van der Waals surface area (Å²) in [5.41, 5.74) is 7.73. The Morgan fingerprint density at radius 1 is 1.21 bits per heavy atom. The molecule has 14 heavy (non-hydrogen) atoms. The summed E-state index contributed by atoms with van der Waals surface area (Å²) in [7, 11) is 1.97. The Bertz CT molecular complexity index is 488. The number of hydrogen-bond donors (Lipinski definition) is 1. The van der Waals surface area contributed by atoms with Gasteiger partial charge in [0.05, 0.1) is 10.0 Å². The fourth-order valence-corrected chi connectivity index (χ4v) is 1.91. The van der Waals surface area contributed by atoms with Gasteiger partial charge in [0.15, 0.2) is 0 Å². The Balaban J connectivity index is 2.80. The van der Waals surface area contributed by atoms with Gasteiger partial charge in [0.2, 0.25) is 0 Å². The maximum absolute atomic E-state index is 5.94. The molecule has 0 aliphatic carbocycles. The summed E-state index contributed by atoms with van der Waals surface area (Å²) in [6.45, 7) is 0.514. The molecule has 0 spiro atoms. The van der Waals surface area contributed by atoms with Crippen molar-refractivity contribution in [3.8, 4) is 0 Å². The molecule has 2 nitrogen and oxygen atoms in total. The number of halogens is 2. The van der Waals surface area contributed by atoms with Crippen LogP contribution in [0.25, 0.3) is 10.9 Å². The van der Waals surface area contributed by atoms with E-state index in [4.69, 9.17) is 28.9 Å². The summed E-state index contributed by atoms with van der Waals surface area (Å²) < 4.78 is 2.03. The second kappa shape index (κ2) is 3.46. The number of nitrogens with two attached hydrogens (primary N) is 1. The van der Waals surface area contributed by atoms with Gasteiger partial charge in [-0.05, 0) is 18.2 Å². The van der Waals surface area contributed by atoms with Crippen molar-refractivity contribution >= 4 is 34.1 Å². The van der Waals surface area contributed by atoms with Crippen molar-refractivity contribution in [3.63, 3.8) is 0 Å². The molecule has 74 valence electrons. The van der Waals surface area contributed by atoms with Crippen LogP contribution in [-0.4, -0.2) is 4.57 Å². The van der Waals surface area contributed by atoms with E-state index in [0.717, 1.165) is 16.6 Å². The average molecular weight is 229 g/mol. The van der Waals surface area contributed by atoms with Gasteiger partial charge in [-0.1, -0.05) is 23.2 Å². The molecule has 2 N–H and O–H groups in total. The van der Waals surface area contributed by atoms with Crippen molar-refractivity contribution in [3.05, 3.63) is 33.9 Å². The van der Waals surface area contributed by atoms with Gasteiger partial charge in [-0.3, -0.25) is 0 Å². The second-order valence-electron chi connectivity index (χ2n) is 3.22. The number of benzene rings is 1. The minimum atomic E-state index is 0.514. The van der Waals surface area contributed by atoms with E-state index in [-0.39, 0.29) is 0 Å². The predicted octanol–water partition coefficient (Wildman–Crippen LogP) is 2.94. The first-order chi connectivity index (χ1) is 6.63. The van der Waals surface area contributed by atoms with Crippen molar-refractivity contribution in [2.75, 3.05) is 0 Å². The van der Waals surface area contributed by atoms with Gasteiger partial charge in [-0.15, -0.1) is 0 Å². The highest BCUT2D eigenvalue weighted by Gasteiger charge is 2.07. The SMILES string of the molecule is Cn1c(CN)cc2cc(Cl)c(Cl)cc21. The largest absolute Gasteiger partial charge is 0.346 e. The van der Waals surface area contributed by atoms with E-state index >= 15 is 0 Å². The van der Waals surface area contributed by atoms with E-state index in [1.807, 2.05) is 29.8 Å². The van der Waals surface area contributed by atoms with Crippen molar-refractivity contribution in [1.82, 2.24) is 4.57 Å². The molecule has 4 heteroatoms. The molecule has 2 aromatic rings. The van der Waals surface area contributed by atoms with Gasteiger partial charge in [-0.25, -0.2) is 0 Å². The third-order valence-corrected chi connectivity index (χ3v) is 3.12. The fourth-order valence-electron chi connectivity index (χ4n) is 1.58. The molecule has 0 saturated carbocycles. The van der Waals surface area contributed by atoms with Crippen LogP contribution >= 0.6 is 23.2 Å². The summed E-state index contributed by atoms with van der Waals surface area (Å²) in [6, 6.07) is 5.74. The summed E-state index contributed by atoms with van der Waals surface area (Å²) in [5.74, 6) is 0. The van der Waals surface area contributed by atoms with Gasteiger partial charge in [0.1, 0.15) is 0 Å². The van der Waals surface area contributed by atoms with Crippen LogP contribution in [0.4, 0.5) is 0 Å². The first-order valence-corrected chi connectivity index (χ1v) is 5.02. The first kappa shape index (κ1) is 9.84. The number of nitrogens with zero attached hydrogens (tertiary/aromatic N) is 1. The fraction of sp³-hybridized carbons (Fsp3) is 0.200. The third-order valence-electron chi connectivity index (χ3n) is 2.39. The molecule has 0 aliphatic heterocycles. The van der Waals surface area contributed by atoms with E-state index in [2.05, 4.69) is 0 Å². The molecule has 2 rings (SSSR count). The minimum Gasteiger partial charge on any atom is -0.346 e. The Morgan fingerprint density at radius 3 is 2.50 bits per heavy atom. The Morgan fingerprint density at radius 2 is 1.86 bits per heavy atom. The number of aryl methyl sites for hydroxylation is 1. The topological polar surface area (TPSA) is 30.9 Å². The molecule has 1 aromatic heterocycles. The highest BCUT2D eigenvalue weighted by molar-refractivity contribution is 6.42. The molecule has 0 atom stereocenters. The second-order valence-corrected chi connectivity index (χ2v) is 4.04. The lowest BCUT2D eigenvalue weighted by Gasteiger charge is -2.01. The zero-order valence-electron chi connectivity index (χ0n) is 7.72. The van der Waals surface area contributed by atoms with Crippen LogP contribution in [0.2, 0.25) is 10.0 Å². The number of rotatable bonds is 1. The van der Waals surface area contributed by atoms with Crippen LogP contribution in [0.5, 0.6) is 0 Å². The monoisotopic (exact) mass is 228 g/mol. The molecule has 0 amide bonds. The van der Waals surface area contributed by atoms with E-state index in [0.29, 0.717) is 16.6 Å². The molecule has 0 bridgehead atoms. The lowest BCUT2D eigenvalue weighted by atomic mass is 10.2. The van der Waals surface area contributed by atoms with Crippen LogP contribution in [0.3, 0.4) is 0 Å².